The Morgan fingerprint density at radius 3 is 2.61 bits per heavy atom. The third-order valence-electron chi connectivity index (χ3n) is 7.64. The smallest absolute Gasteiger partial charge is 0.122 e. The summed E-state index contributed by atoms with van der Waals surface area (Å²) in [4.78, 5) is 4.49. The summed E-state index contributed by atoms with van der Waals surface area (Å²) in [6, 6.07) is 6.70. The predicted molar refractivity (Wildman–Crippen MR) is 118 cm³/mol. The Balaban J connectivity index is 1.10. The van der Waals surface area contributed by atoms with E-state index in [4.69, 9.17) is 9.47 Å². The molecule has 0 radical (unpaired) electrons. The van der Waals surface area contributed by atoms with Crippen molar-refractivity contribution in [2.45, 2.75) is 81.7 Å². The Bertz CT molecular complexity index is 937. The molecule has 3 saturated carbocycles. The van der Waals surface area contributed by atoms with Gasteiger partial charge in [0.2, 0.25) is 0 Å². The maximum Gasteiger partial charge on any atom is 0.122 e. The molecule has 1 aromatic carbocycles. The van der Waals surface area contributed by atoms with Gasteiger partial charge in [0.25, 0.3) is 0 Å². The van der Waals surface area contributed by atoms with Gasteiger partial charge < -0.3 is 19.7 Å². The molecule has 6 heteroatoms. The van der Waals surface area contributed by atoms with Crippen LogP contribution in [0.1, 0.15) is 84.7 Å². The van der Waals surface area contributed by atoms with Crippen molar-refractivity contribution in [2.24, 2.45) is 11.8 Å². The van der Waals surface area contributed by atoms with Crippen molar-refractivity contribution in [3.8, 4) is 5.75 Å². The van der Waals surface area contributed by atoms with E-state index >= 15 is 0 Å². The van der Waals surface area contributed by atoms with Gasteiger partial charge in [-0.05, 0) is 79.5 Å². The second-order valence-electron chi connectivity index (χ2n) is 9.86. The quantitative estimate of drug-likeness (QED) is 0.652. The van der Waals surface area contributed by atoms with E-state index in [0.717, 1.165) is 35.4 Å². The largest absolute Gasteiger partial charge is 0.493 e. The molecular weight excluding hydrogens is 410 g/mol. The van der Waals surface area contributed by atoms with E-state index in [0.29, 0.717) is 24.6 Å². The molecule has 6 rings (SSSR count). The van der Waals surface area contributed by atoms with Gasteiger partial charge in [-0.3, -0.25) is 0 Å². The predicted octanol–water partition coefficient (Wildman–Crippen LogP) is 4.69. The highest BCUT2D eigenvalue weighted by Gasteiger charge is 2.47. The third kappa shape index (κ3) is 4.04. The third-order valence-corrected chi connectivity index (χ3v) is 8.62. The zero-order chi connectivity index (χ0) is 20.9. The molecule has 5 nitrogen and oxygen atoms in total. The lowest BCUT2D eigenvalue weighted by Gasteiger charge is -2.33. The maximum absolute atomic E-state index is 10.8. The van der Waals surface area contributed by atoms with Crippen LogP contribution in [0.4, 0.5) is 0 Å². The van der Waals surface area contributed by atoms with Crippen molar-refractivity contribution in [2.75, 3.05) is 6.61 Å². The average Bonchev–Trinajstić information content (AvgIpc) is 3.71. The van der Waals surface area contributed by atoms with Crippen LogP contribution >= 0.6 is 11.3 Å². The van der Waals surface area contributed by atoms with Gasteiger partial charge >= 0.3 is 0 Å². The molecule has 0 amide bonds. The van der Waals surface area contributed by atoms with Gasteiger partial charge in [-0.2, -0.15) is 0 Å². The van der Waals surface area contributed by atoms with Crippen molar-refractivity contribution in [3.05, 3.63) is 45.4 Å². The van der Waals surface area contributed by atoms with E-state index in [9.17, 15) is 10.2 Å². The molecule has 2 N–H and O–H groups in total. The first-order chi connectivity index (χ1) is 15.2. The Kier molecular flexibility index (Phi) is 5.30. The van der Waals surface area contributed by atoms with Crippen LogP contribution < -0.4 is 4.74 Å². The second kappa shape index (κ2) is 8.14. The van der Waals surface area contributed by atoms with E-state index in [1.807, 2.05) is 5.38 Å². The summed E-state index contributed by atoms with van der Waals surface area (Å²) in [6.07, 6.45) is 7.54. The lowest BCUT2D eigenvalue weighted by Crippen LogP contribution is -2.33. The van der Waals surface area contributed by atoms with Crippen LogP contribution in [0.25, 0.3) is 0 Å². The van der Waals surface area contributed by atoms with Gasteiger partial charge in [-0.1, -0.05) is 6.07 Å². The highest BCUT2D eigenvalue weighted by atomic mass is 32.1. The lowest BCUT2D eigenvalue weighted by molar-refractivity contribution is -0.0812. The first kappa shape index (κ1) is 20.2. The minimum Gasteiger partial charge on any atom is -0.493 e. The van der Waals surface area contributed by atoms with E-state index in [2.05, 4.69) is 23.2 Å². The first-order valence-electron chi connectivity index (χ1n) is 11.8. The molecule has 1 saturated heterocycles. The Morgan fingerprint density at radius 1 is 1.06 bits per heavy atom. The molecule has 2 heterocycles. The number of aromatic nitrogens is 1. The summed E-state index contributed by atoms with van der Waals surface area (Å²) in [7, 11) is 0. The Labute approximate surface area is 187 Å². The molecule has 4 fully saturated rings. The molecule has 5 atom stereocenters. The highest BCUT2D eigenvalue weighted by molar-refractivity contribution is 7.09. The zero-order valence-corrected chi connectivity index (χ0v) is 18.6. The number of hydrogen-bond donors (Lipinski definition) is 2. The molecule has 166 valence electrons. The van der Waals surface area contributed by atoms with Crippen molar-refractivity contribution in [1.82, 2.24) is 4.98 Å². The summed E-state index contributed by atoms with van der Waals surface area (Å²) in [5.41, 5.74) is 3.77. The molecule has 1 aromatic heterocycles. The normalized spacial score (nSPS) is 32.8. The number of aliphatic hydroxyl groups is 2. The van der Waals surface area contributed by atoms with E-state index in [-0.39, 0.29) is 30.8 Å². The molecular formula is C25H31NO4S. The summed E-state index contributed by atoms with van der Waals surface area (Å²) >= 11 is 1.56. The Hall–Kier alpha value is -1.47. The molecule has 0 spiro atoms. The number of ether oxygens (including phenoxy) is 2. The number of hydrogen-bond acceptors (Lipinski definition) is 6. The minimum atomic E-state index is -0.383. The van der Waals surface area contributed by atoms with Crippen LogP contribution in [0.3, 0.4) is 0 Å². The topological polar surface area (TPSA) is 71.8 Å². The molecule has 3 aliphatic carbocycles. The van der Waals surface area contributed by atoms with Crippen LogP contribution in [0.5, 0.6) is 5.75 Å². The fraction of sp³-hybridized carbons (Fsp3) is 0.640. The van der Waals surface area contributed by atoms with Crippen LogP contribution in [-0.4, -0.2) is 34.0 Å². The number of thiazole rings is 1. The fourth-order valence-electron chi connectivity index (χ4n) is 5.64. The number of rotatable bonds is 7. The first-order valence-corrected chi connectivity index (χ1v) is 12.7. The summed E-state index contributed by atoms with van der Waals surface area (Å²) in [6.45, 7) is 0.520. The summed E-state index contributed by atoms with van der Waals surface area (Å²) < 4.78 is 12.6. The second-order valence-corrected chi connectivity index (χ2v) is 10.7. The molecule has 0 unspecified atom stereocenters. The van der Waals surface area contributed by atoms with Crippen LogP contribution in [-0.2, 0) is 11.3 Å². The van der Waals surface area contributed by atoms with Gasteiger partial charge in [0.1, 0.15) is 16.9 Å². The van der Waals surface area contributed by atoms with Gasteiger partial charge in [0.05, 0.1) is 31.1 Å². The van der Waals surface area contributed by atoms with Crippen molar-refractivity contribution in [1.29, 1.82) is 0 Å². The highest BCUT2D eigenvalue weighted by Crippen LogP contribution is 2.50. The Morgan fingerprint density at radius 2 is 1.87 bits per heavy atom. The van der Waals surface area contributed by atoms with Crippen molar-refractivity contribution < 1.29 is 19.7 Å². The standard InChI is InChI=1S/C25H31NO4S/c27-11-16-13-31-25(26-16)23-8-7-19-21(22(28)10-24(19)30-23)12-29-17-5-6-18(14-1-2-14)20(9-17)15-3-4-15/h5-6,9,13-15,19,21-24,27-28H,1-4,7-8,10-12H2/t19-,21-,22+,23-,24+/m1/s1. The molecule has 1 aliphatic heterocycles. The van der Waals surface area contributed by atoms with E-state index < -0.39 is 0 Å². The molecule has 4 aliphatic rings. The number of benzene rings is 1. The molecule has 0 bridgehead atoms. The molecule has 31 heavy (non-hydrogen) atoms. The number of fused-ring (bicyclic) bond motifs is 1. The van der Waals surface area contributed by atoms with Gasteiger partial charge in [-0.25, -0.2) is 4.98 Å². The van der Waals surface area contributed by atoms with Crippen LogP contribution in [0.2, 0.25) is 0 Å². The van der Waals surface area contributed by atoms with Crippen LogP contribution in [0.15, 0.2) is 23.6 Å². The molecule has 2 aromatic rings. The fourth-order valence-corrected chi connectivity index (χ4v) is 6.52. The monoisotopic (exact) mass is 441 g/mol. The SMILES string of the molecule is OCc1csc([C@H]2CC[C@@H]3[C@@H](COc4ccc(C5CC5)c(C5CC5)c4)[C@@H](O)C[C@@H]3O2)n1. The summed E-state index contributed by atoms with van der Waals surface area (Å²) in [5, 5.41) is 22.9. The van der Waals surface area contributed by atoms with Crippen LogP contribution in [0, 0.1) is 11.8 Å². The van der Waals surface area contributed by atoms with Crippen molar-refractivity contribution in [3.63, 3.8) is 0 Å². The van der Waals surface area contributed by atoms with E-state index in [1.54, 1.807) is 16.9 Å². The lowest BCUT2D eigenvalue weighted by atomic mass is 9.87. The number of aliphatic hydroxyl groups excluding tert-OH is 2. The maximum atomic E-state index is 10.8. The number of nitrogens with zero attached hydrogens (tertiary/aromatic N) is 1. The zero-order valence-electron chi connectivity index (χ0n) is 17.8. The summed E-state index contributed by atoms with van der Waals surface area (Å²) in [5.74, 6) is 2.91. The van der Waals surface area contributed by atoms with Gasteiger partial charge in [0, 0.05) is 17.7 Å². The van der Waals surface area contributed by atoms with Gasteiger partial charge in [-0.15, -0.1) is 11.3 Å². The van der Waals surface area contributed by atoms with Crippen molar-refractivity contribution >= 4 is 11.3 Å². The minimum absolute atomic E-state index is 0.0190. The average molecular weight is 442 g/mol. The van der Waals surface area contributed by atoms with E-state index in [1.165, 1.54) is 31.2 Å². The van der Waals surface area contributed by atoms with Gasteiger partial charge in [0.15, 0.2) is 0 Å².